The average molecular weight is 464 g/mol. The van der Waals surface area contributed by atoms with Gasteiger partial charge in [0, 0.05) is 24.3 Å². The highest BCUT2D eigenvalue weighted by atomic mass is 35.5. The number of nitrogens with zero attached hydrogens (tertiary/aromatic N) is 4. The number of aromatic nitrogens is 3. The van der Waals surface area contributed by atoms with Crippen LogP contribution in [-0.4, -0.2) is 27.5 Å². The molecule has 4 aromatic rings. The van der Waals surface area contributed by atoms with Crippen LogP contribution in [0.4, 0.5) is 4.39 Å². The Morgan fingerprint density at radius 1 is 1.12 bits per heavy atom. The van der Waals surface area contributed by atoms with Crippen LogP contribution in [0, 0.1) is 5.82 Å². The first-order valence-corrected chi connectivity index (χ1v) is 11.3. The largest absolute Gasteiger partial charge is 0.299 e. The molecule has 0 unspecified atom stereocenters. The van der Waals surface area contributed by atoms with Crippen LogP contribution in [0.3, 0.4) is 0 Å². The molecule has 7 heteroatoms. The van der Waals surface area contributed by atoms with Gasteiger partial charge in [-0.05, 0) is 49.5 Å². The first-order chi connectivity index (χ1) is 16.0. The molecular formula is C26H25ClFN4O+. The van der Waals surface area contributed by atoms with E-state index in [-0.39, 0.29) is 10.9 Å². The maximum atomic E-state index is 13.9. The molecule has 0 aliphatic carbocycles. The molecular weight excluding hydrogens is 439 g/mol. The minimum atomic E-state index is -0.490. The van der Waals surface area contributed by atoms with Gasteiger partial charge in [0.1, 0.15) is 11.6 Å². The van der Waals surface area contributed by atoms with Crippen LogP contribution in [0.2, 0.25) is 5.02 Å². The molecule has 0 spiro atoms. The molecule has 0 saturated carbocycles. The van der Waals surface area contributed by atoms with E-state index in [1.54, 1.807) is 30.3 Å². The lowest BCUT2D eigenvalue weighted by molar-refractivity contribution is -0.568. The van der Waals surface area contributed by atoms with Crippen LogP contribution >= 0.6 is 11.6 Å². The van der Waals surface area contributed by atoms with Crippen molar-refractivity contribution in [1.82, 2.24) is 14.5 Å². The molecule has 0 atom stereocenters. The van der Waals surface area contributed by atoms with Gasteiger partial charge in [-0.3, -0.25) is 14.3 Å². The average Bonchev–Trinajstić information content (AvgIpc) is 2.83. The van der Waals surface area contributed by atoms with Crippen LogP contribution < -0.4 is 10.1 Å². The van der Waals surface area contributed by atoms with Crippen molar-refractivity contribution in [3.8, 4) is 5.69 Å². The zero-order chi connectivity index (χ0) is 23.4. The molecule has 2 aromatic heterocycles. The minimum absolute atomic E-state index is 0.195. The summed E-state index contributed by atoms with van der Waals surface area (Å²) in [6.45, 7) is 7.10. The van der Waals surface area contributed by atoms with E-state index in [1.807, 2.05) is 29.2 Å². The highest BCUT2D eigenvalue weighted by molar-refractivity contribution is 6.32. The van der Waals surface area contributed by atoms with Crippen molar-refractivity contribution in [1.29, 1.82) is 0 Å². The Balaban J connectivity index is 1.82. The van der Waals surface area contributed by atoms with Gasteiger partial charge in [0.2, 0.25) is 0 Å². The topological polar surface area (TPSA) is 42.0 Å². The molecule has 0 radical (unpaired) electrons. The van der Waals surface area contributed by atoms with Crippen molar-refractivity contribution >= 4 is 34.8 Å². The smallest absolute Gasteiger partial charge is 0.266 e. The number of pyridine rings is 1. The summed E-state index contributed by atoms with van der Waals surface area (Å²) >= 11 is 6.40. The SMILES string of the molecule is CCN(CC)Cc1ccc[n+](C=Cc2nc3ccc(F)cc3c(=O)n2-c2ccccc2Cl)c1. The fourth-order valence-electron chi connectivity index (χ4n) is 3.74. The Morgan fingerprint density at radius 2 is 1.91 bits per heavy atom. The Labute approximate surface area is 197 Å². The van der Waals surface area contributed by atoms with E-state index in [1.165, 1.54) is 28.3 Å². The fraction of sp³-hybridized carbons (Fsp3) is 0.192. The molecule has 2 aromatic carbocycles. The van der Waals surface area contributed by atoms with E-state index in [4.69, 9.17) is 11.6 Å². The quantitative estimate of drug-likeness (QED) is 0.365. The number of hydrogen-bond acceptors (Lipinski definition) is 3. The second-order valence-electron chi connectivity index (χ2n) is 7.66. The molecule has 0 aliphatic heterocycles. The third-order valence-electron chi connectivity index (χ3n) is 5.53. The third kappa shape index (κ3) is 5.02. The van der Waals surface area contributed by atoms with E-state index in [9.17, 15) is 9.18 Å². The molecule has 0 amide bonds. The predicted octanol–water partition coefficient (Wildman–Crippen LogP) is 4.94. The normalized spacial score (nSPS) is 11.7. The van der Waals surface area contributed by atoms with Gasteiger partial charge in [0.15, 0.2) is 18.6 Å². The predicted molar refractivity (Wildman–Crippen MR) is 131 cm³/mol. The molecule has 33 heavy (non-hydrogen) atoms. The van der Waals surface area contributed by atoms with Crippen molar-refractivity contribution in [3.63, 3.8) is 0 Å². The molecule has 0 aliphatic rings. The number of para-hydroxylation sites is 1. The van der Waals surface area contributed by atoms with Crippen molar-refractivity contribution in [2.45, 2.75) is 20.4 Å². The summed E-state index contributed by atoms with van der Waals surface area (Å²) in [6.07, 6.45) is 7.57. The zero-order valence-electron chi connectivity index (χ0n) is 18.6. The molecule has 5 nitrogen and oxygen atoms in total. The van der Waals surface area contributed by atoms with Crippen LogP contribution in [0.1, 0.15) is 25.2 Å². The zero-order valence-corrected chi connectivity index (χ0v) is 19.3. The number of rotatable bonds is 7. The molecule has 0 bridgehead atoms. The summed E-state index contributed by atoms with van der Waals surface area (Å²) in [5.74, 6) is -0.0928. The van der Waals surface area contributed by atoms with E-state index in [2.05, 4.69) is 29.8 Å². The summed E-state index contributed by atoms with van der Waals surface area (Å²) in [5, 5.41) is 0.599. The van der Waals surface area contributed by atoms with Crippen molar-refractivity contribution in [2.75, 3.05) is 13.1 Å². The Hall–Kier alpha value is -3.35. The molecule has 2 heterocycles. The van der Waals surface area contributed by atoms with Crippen LogP contribution in [0.15, 0.2) is 71.8 Å². The number of halogens is 2. The first kappa shape index (κ1) is 22.8. The van der Waals surface area contributed by atoms with Crippen molar-refractivity contribution in [3.05, 3.63) is 99.6 Å². The number of fused-ring (bicyclic) bond motifs is 1. The Bertz CT molecular complexity index is 1380. The van der Waals surface area contributed by atoms with Gasteiger partial charge < -0.3 is 0 Å². The Kier molecular flexibility index (Phi) is 6.96. The standard InChI is InChI=1S/C26H25ClFN4O/c1-3-30(4-2)17-19-8-7-14-31(18-19)15-13-25-29-23-12-11-20(28)16-21(23)26(33)32(25)24-10-6-5-9-22(24)27/h5-16,18H,3-4,17H2,1-2H3/q+1. The van der Waals surface area contributed by atoms with Gasteiger partial charge in [0.05, 0.1) is 21.6 Å². The Morgan fingerprint density at radius 3 is 2.67 bits per heavy atom. The highest BCUT2D eigenvalue weighted by Gasteiger charge is 2.15. The van der Waals surface area contributed by atoms with E-state index in [0.29, 0.717) is 22.1 Å². The second kappa shape index (κ2) is 10.1. The van der Waals surface area contributed by atoms with Gasteiger partial charge in [0.25, 0.3) is 5.56 Å². The van der Waals surface area contributed by atoms with Gasteiger partial charge in [-0.25, -0.2) is 9.37 Å². The van der Waals surface area contributed by atoms with Gasteiger partial charge in [-0.2, -0.15) is 4.57 Å². The molecule has 4 rings (SSSR count). The summed E-state index contributed by atoms with van der Waals surface area (Å²) in [6, 6.07) is 15.1. The van der Waals surface area contributed by atoms with Crippen LogP contribution in [0.5, 0.6) is 0 Å². The second-order valence-corrected chi connectivity index (χ2v) is 8.07. The summed E-state index contributed by atoms with van der Waals surface area (Å²) in [4.78, 5) is 20.3. The minimum Gasteiger partial charge on any atom is -0.299 e. The third-order valence-corrected chi connectivity index (χ3v) is 5.85. The van der Waals surface area contributed by atoms with Gasteiger partial charge >= 0.3 is 0 Å². The number of benzene rings is 2. The van der Waals surface area contributed by atoms with E-state index in [0.717, 1.165) is 19.6 Å². The monoisotopic (exact) mass is 463 g/mol. The maximum Gasteiger partial charge on any atom is 0.266 e. The lowest BCUT2D eigenvalue weighted by Crippen LogP contribution is -2.28. The number of hydrogen-bond donors (Lipinski definition) is 0. The summed E-state index contributed by atoms with van der Waals surface area (Å²) in [7, 11) is 0. The van der Waals surface area contributed by atoms with Crippen molar-refractivity contribution in [2.24, 2.45) is 0 Å². The first-order valence-electron chi connectivity index (χ1n) is 10.9. The molecule has 0 fully saturated rings. The van der Waals surface area contributed by atoms with Crippen LogP contribution in [0.25, 0.3) is 28.9 Å². The molecule has 0 saturated heterocycles. The lowest BCUT2D eigenvalue weighted by Gasteiger charge is -2.16. The van der Waals surface area contributed by atoms with Gasteiger partial charge in [-0.15, -0.1) is 0 Å². The fourth-order valence-corrected chi connectivity index (χ4v) is 3.96. The summed E-state index contributed by atoms with van der Waals surface area (Å²) < 4.78 is 17.2. The molecule has 0 N–H and O–H groups in total. The van der Waals surface area contributed by atoms with E-state index >= 15 is 0 Å². The van der Waals surface area contributed by atoms with Gasteiger partial charge in [-0.1, -0.05) is 37.6 Å². The molecule has 168 valence electrons. The summed E-state index contributed by atoms with van der Waals surface area (Å²) in [5.41, 5.74) is 1.70. The van der Waals surface area contributed by atoms with E-state index < -0.39 is 5.82 Å². The van der Waals surface area contributed by atoms with Crippen LogP contribution in [-0.2, 0) is 6.54 Å². The maximum absolute atomic E-state index is 13.9. The lowest BCUT2D eigenvalue weighted by atomic mass is 10.2. The van der Waals surface area contributed by atoms with Crippen molar-refractivity contribution < 1.29 is 8.96 Å². The highest BCUT2D eigenvalue weighted by Crippen LogP contribution is 2.21.